The summed E-state index contributed by atoms with van der Waals surface area (Å²) >= 11 is 0. The molecule has 0 saturated heterocycles. The van der Waals surface area contributed by atoms with Crippen LogP contribution in [-0.2, 0) is 9.47 Å². The van der Waals surface area contributed by atoms with E-state index in [1.807, 2.05) is 0 Å². The molecule has 0 aromatic carbocycles. The van der Waals surface area contributed by atoms with Crippen molar-refractivity contribution >= 4 is 0 Å². The Kier molecular flexibility index (Phi) is 7.66. The summed E-state index contributed by atoms with van der Waals surface area (Å²) in [6, 6.07) is 0. The highest BCUT2D eigenvalue weighted by Gasteiger charge is 2.29. The Bertz CT molecular complexity index is 272. The van der Waals surface area contributed by atoms with Crippen LogP contribution in [0, 0.1) is 11.3 Å². The molecule has 0 aromatic rings. The fraction of sp³-hybridized carbons (Fsp3) is 1.00. The summed E-state index contributed by atoms with van der Waals surface area (Å²) in [5.41, 5.74) is 0.501. The lowest BCUT2D eigenvalue weighted by Crippen LogP contribution is -2.37. The third-order valence-corrected chi connectivity index (χ3v) is 3.75. The fourth-order valence-electron chi connectivity index (χ4n) is 2.55. The van der Waals surface area contributed by atoms with Crippen LogP contribution >= 0.6 is 0 Å². The van der Waals surface area contributed by atoms with E-state index >= 15 is 0 Å². The van der Waals surface area contributed by atoms with Gasteiger partial charge in [-0.05, 0) is 64.3 Å². The first kappa shape index (κ1) is 18.9. The van der Waals surface area contributed by atoms with Gasteiger partial charge in [0.25, 0.3) is 0 Å². The summed E-state index contributed by atoms with van der Waals surface area (Å²) in [7, 11) is 0. The van der Waals surface area contributed by atoms with Gasteiger partial charge in [-0.3, -0.25) is 0 Å². The molecule has 0 aromatic heterocycles. The minimum absolute atomic E-state index is 0.248. The van der Waals surface area contributed by atoms with Gasteiger partial charge in [-0.1, -0.05) is 20.8 Å². The van der Waals surface area contributed by atoms with Crippen molar-refractivity contribution in [3.63, 3.8) is 0 Å². The molecule has 3 heteroatoms. The van der Waals surface area contributed by atoms with E-state index in [0.717, 1.165) is 32.3 Å². The molecule has 0 bridgehead atoms. The molecule has 126 valence electrons. The van der Waals surface area contributed by atoms with Crippen LogP contribution in [0.4, 0.5) is 0 Å². The monoisotopic (exact) mass is 299 g/mol. The second-order valence-electron chi connectivity index (χ2n) is 8.76. The highest BCUT2D eigenvalue weighted by Crippen LogP contribution is 2.33. The first-order valence-corrected chi connectivity index (χ1v) is 8.60. The molecular weight excluding hydrogens is 262 g/mol. The van der Waals surface area contributed by atoms with Crippen molar-refractivity contribution < 1.29 is 9.47 Å². The van der Waals surface area contributed by atoms with Gasteiger partial charge in [-0.25, -0.2) is 0 Å². The molecule has 0 heterocycles. The van der Waals surface area contributed by atoms with Gasteiger partial charge < -0.3 is 14.8 Å². The minimum atomic E-state index is 0.248. The molecule has 0 atom stereocenters. The summed E-state index contributed by atoms with van der Waals surface area (Å²) in [6.45, 7) is 16.7. The topological polar surface area (TPSA) is 30.5 Å². The number of nitrogens with one attached hydrogen (secondary N) is 1. The zero-order valence-corrected chi connectivity index (χ0v) is 15.1. The van der Waals surface area contributed by atoms with E-state index in [-0.39, 0.29) is 11.0 Å². The van der Waals surface area contributed by atoms with Crippen molar-refractivity contribution in [1.82, 2.24) is 5.32 Å². The Morgan fingerprint density at radius 3 is 2.24 bits per heavy atom. The SMILES string of the molecule is CC(C)(C)COCCOC1CC(CCCNC(C)(C)C)C1. The Morgan fingerprint density at radius 2 is 1.67 bits per heavy atom. The molecule has 1 fully saturated rings. The highest BCUT2D eigenvalue weighted by atomic mass is 16.5. The van der Waals surface area contributed by atoms with Crippen LogP contribution in [0.5, 0.6) is 0 Å². The smallest absolute Gasteiger partial charge is 0.0704 e. The molecular formula is C18H37NO2. The lowest BCUT2D eigenvalue weighted by molar-refractivity contribution is -0.0604. The van der Waals surface area contributed by atoms with Crippen molar-refractivity contribution in [2.45, 2.75) is 78.9 Å². The molecule has 0 unspecified atom stereocenters. The summed E-state index contributed by atoms with van der Waals surface area (Å²) in [5.74, 6) is 0.882. The average Bonchev–Trinajstić information content (AvgIpc) is 2.25. The van der Waals surface area contributed by atoms with Crippen LogP contribution in [-0.4, -0.2) is 38.0 Å². The van der Waals surface area contributed by atoms with E-state index in [4.69, 9.17) is 9.47 Å². The molecule has 0 radical (unpaired) electrons. The zero-order valence-electron chi connectivity index (χ0n) is 15.1. The first-order valence-electron chi connectivity index (χ1n) is 8.60. The van der Waals surface area contributed by atoms with Crippen molar-refractivity contribution in [2.24, 2.45) is 11.3 Å². The molecule has 1 rings (SSSR count). The van der Waals surface area contributed by atoms with Crippen molar-refractivity contribution in [1.29, 1.82) is 0 Å². The van der Waals surface area contributed by atoms with E-state index in [0.29, 0.717) is 6.10 Å². The van der Waals surface area contributed by atoms with Crippen LogP contribution in [0.25, 0.3) is 0 Å². The van der Waals surface area contributed by atoms with Crippen LogP contribution in [0.2, 0.25) is 0 Å². The first-order chi connectivity index (χ1) is 9.66. The van der Waals surface area contributed by atoms with E-state index < -0.39 is 0 Å². The van der Waals surface area contributed by atoms with Gasteiger partial charge in [0, 0.05) is 5.54 Å². The summed E-state index contributed by atoms with van der Waals surface area (Å²) in [6.07, 6.45) is 5.60. The Morgan fingerprint density at radius 1 is 1.00 bits per heavy atom. The standard InChI is InChI=1S/C18H37NO2/c1-17(2,3)14-20-10-11-21-16-12-15(13-16)8-7-9-19-18(4,5)6/h15-16,19H,7-14H2,1-6H3. The number of ether oxygens (including phenoxy) is 2. The van der Waals surface area contributed by atoms with Gasteiger partial charge in [0.15, 0.2) is 0 Å². The number of rotatable bonds is 9. The third-order valence-electron chi connectivity index (χ3n) is 3.75. The molecule has 1 aliphatic rings. The number of hydrogen-bond acceptors (Lipinski definition) is 3. The summed E-state index contributed by atoms with van der Waals surface area (Å²) in [5, 5.41) is 3.55. The van der Waals surface area contributed by atoms with Gasteiger partial charge in [-0.15, -0.1) is 0 Å². The molecule has 1 aliphatic carbocycles. The van der Waals surface area contributed by atoms with Gasteiger partial charge in [0.2, 0.25) is 0 Å². The second-order valence-corrected chi connectivity index (χ2v) is 8.76. The van der Waals surface area contributed by atoms with Crippen LogP contribution in [0.15, 0.2) is 0 Å². The van der Waals surface area contributed by atoms with Crippen LogP contribution in [0.3, 0.4) is 0 Å². The fourth-order valence-corrected chi connectivity index (χ4v) is 2.55. The molecule has 1 N–H and O–H groups in total. The second kappa shape index (κ2) is 8.50. The Balaban J connectivity index is 1.88. The molecule has 21 heavy (non-hydrogen) atoms. The quantitative estimate of drug-likeness (QED) is 0.652. The van der Waals surface area contributed by atoms with E-state index in [9.17, 15) is 0 Å². The summed E-state index contributed by atoms with van der Waals surface area (Å²) < 4.78 is 11.5. The van der Waals surface area contributed by atoms with Gasteiger partial charge in [0.1, 0.15) is 0 Å². The molecule has 0 amide bonds. The van der Waals surface area contributed by atoms with E-state index in [2.05, 4.69) is 46.9 Å². The van der Waals surface area contributed by atoms with Crippen molar-refractivity contribution in [3.8, 4) is 0 Å². The van der Waals surface area contributed by atoms with Gasteiger partial charge in [-0.2, -0.15) is 0 Å². The normalized spacial score (nSPS) is 23.1. The van der Waals surface area contributed by atoms with Crippen LogP contribution in [0.1, 0.15) is 67.2 Å². The average molecular weight is 299 g/mol. The molecule has 3 nitrogen and oxygen atoms in total. The molecule has 0 aliphatic heterocycles. The van der Waals surface area contributed by atoms with Gasteiger partial charge in [0.05, 0.1) is 25.9 Å². The highest BCUT2D eigenvalue weighted by molar-refractivity contribution is 4.80. The minimum Gasteiger partial charge on any atom is -0.379 e. The summed E-state index contributed by atoms with van der Waals surface area (Å²) in [4.78, 5) is 0. The predicted octanol–water partition coefficient (Wildman–Crippen LogP) is 4.01. The predicted molar refractivity (Wildman–Crippen MR) is 89.7 cm³/mol. The van der Waals surface area contributed by atoms with Gasteiger partial charge >= 0.3 is 0 Å². The van der Waals surface area contributed by atoms with E-state index in [1.54, 1.807) is 0 Å². The zero-order chi connectivity index (χ0) is 15.9. The molecule has 1 saturated carbocycles. The van der Waals surface area contributed by atoms with E-state index in [1.165, 1.54) is 25.7 Å². The van der Waals surface area contributed by atoms with Crippen molar-refractivity contribution in [3.05, 3.63) is 0 Å². The number of hydrogen-bond donors (Lipinski definition) is 1. The van der Waals surface area contributed by atoms with Crippen LogP contribution < -0.4 is 5.32 Å². The van der Waals surface area contributed by atoms with Crippen molar-refractivity contribution in [2.75, 3.05) is 26.4 Å². The third kappa shape index (κ3) is 10.3. The lowest BCUT2D eigenvalue weighted by atomic mass is 9.79. The largest absolute Gasteiger partial charge is 0.379 e. The lowest BCUT2D eigenvalue weighted by Gasteiger charge is -2.35. The maximum atomic E-state index is 5.84. The molecule has 0 spiro atoms. The Hall–Kier alpha value is -0.120. The maximum Gasteiger partial charge on any atom is 0.0704 e. The Labute approximate surface area is 132 Å². The maximum absolute atomic E-state index is 5.84.